The molecule has 2 N–H and O–H groups in total. The highest BCUT2D eigenvalue weighted by Gasteiger charge is 2.14. The van der Waals surface area contributed by atoms with Gasteiger partial charge in [-0.25, -0.2) is 0 Å². The number of halogens is 2. The molecule has 0 saturated heterocycles. The van der Waals surface area contributed by atoms with E-state index >= 15 is 0 Å². The van der Waals surface area contributed by atoms with Crippen LogP contribution in [0.25, 0.3) is 11.3 Å². The summed E-state index contributed by atoms with van der Waals surface area (Å²) in [6, 6.07) is 10.4. The predicted molar refractivity (Wildman–Crippen MR) is 94.1 cm³/mol. The summed E-state index contributed by atoms with van der Waals surface area (Å²) in [6.07, 6.45) is 0. The van der Waals surface area contributed by atoms with Crippen molar-refractivity contribution in [3.63, 3.8) is 0 Å². The minimum atomic E-state index is -0.524. The van der Waals surface area contributed by atoms with Crippen LogP contribution in [0.3, 0.4) is 0 Å². The fourth-order valence-corrected chi connectivity index (χ4v) is 2.65. The second-order valence-corrected chi connectivity index (χ2v) is 5.81. The molecule has 25 heavy (non-hydrogen) atoms. The quantitative estimate of drug-likeness (QED) is 0.378. The van der Waals surface area contributed by atoms with Crippen molar-refractivity contribution >= 4 is 40.3 Å². The lowest BCUT2D eigenvalue weighted by Gasteiger charge is -1.99. The first-order valence-corrected chi connectivity index (χ1v) is 7.63. The molecule has 10 heteroatoms. The highest BCUT2D eigenvalue weighted by atomic mass is 35.5. The Bertz CT molecular complexity index is 1020. The Morgan fingerprint density at radius 2 is 1.72 bits per heavy atom. The summed E-state index contributed by atoms with van der Waals surface area (Å²) >= 11 is 11.8. The third-order valence-electron chi connectivity index (χ3n) is 3.21. The Morgan fingerprint density at radius 3 is 2.40 bits per heavy atom. The lowest BCUT2D eigenvalue weighted by Crippen LogP contribution is -1.96. The van der Waals surface area contributed by atoms with Crippen LogP contribution < -0.4 is 5.56 Å². The summed E-state index contributed by atoms with van der Waals surface area (Å²) in [5.41, 5.74) is 0.429. The van der Waals surface area contributed by atoms with Crippen LogP contribution in [0.15, 0.2) is 57.5 Å². The fourth-order valence-electron chi connectivity index (χ4n) is 2.14. The van der Waals surface area contributed by atoms with Gasteiger partial charge in [0.1, 0.15) is 0 Å². The van der Waals surface area contributed by atoms with E-state index in [1.807, 2.05) is 0 Å². The van der Waals surface area contributed by atoms with Gasteiger partial charge in [-0.3, -0.25) is 25.1 Å². The maximum atomic E-state index is 12.0. The van der Waals surface area contributed by atoms with Crippen molar-refractivity contribution < 1.29 is 4.92 Å². The average molecular weight is 378 g/mol. The molecule has 1 heterocycles. The van der Waals surface area contributed by atoms with Crippen molar-refractivity contribution in [3.05, 3.63) is 73.0 Å². The number of nitro benzene ring substituents is 1. The molecule has 0 aliphatic heterocycles. The Labute approximate surface area is 150 Å². The molecule has 2 aromatic carbocycles. The first kappa shape index (κ1) is 16.9. The molecule has 3 aromatic rings. The summed E-state index contributed by atoms with van der Waals surface area (Å²) in [4.78, 5) is 22.3. The van der Waals surface area contributed by atoms with E-state index in [-0.39, 0.29) is 17.1 Å². The number of hydrogen-bond acceptors (Lipinski definition) is 5. The van der Waals surface area contributed by atoms with Crippen LogP contribution in [0.4, 0.5) is 17.1 Å². The normalized spacial score (nSPS) is 11.1. The van der Waals surface area contributed by atoms with Gasteiger partial charge in [0.15, 0.2) is 5.69 Å². The van der Waals surface area contributed by atoms with E-state index in [4.69, 9.17) is 23.2 Å². The van der Waals surface area contributed by atoms with Gasteiger partial charge < -0.3 is 0 Å². The maximum absolute atomic E-state index is 12.0. The molecule has 0 radical (unpaired) electrons. The largest absolute Gasteiger partial charge is 0.295 e. The molecule has 0 spiro atoms. The van der Waals surface area contributed by atoms with Gasteiger partial charge in [0, 0.05) is 27.7 Å². The zero-order valence-electron chi connectivity index (χ0n) is 12.4. The average Bonchev–Trinajstić information content (AvgIpc) is 2.93. The van der Waals surface area contributed by atoms with Gasteiger partial charge in [-0.05, 0) is 18.2 Å². The minimum Gasteiger partial charge on any atom is -0.295 e. The summed E-state index contributed by atoms with van der Waals surface area (Å²) in [6.45, 7) is 0. The number of hydrogen-bond donors (Lipinski definition) is 2. The van der Waals surface area contributed by atoms with Crippen molar-refractivity contribution in [1.29, 1.82) is 0 Å². The van der Waals surface area contributed by atoms with E-state index in [1.54, 1.807) is 12.1 Å². The van der Waals surface area contributed by atoms with Crippen molar-refractivity contribution in [2.24, 2.45) is 10.2 Å². The van der Waals surface area contributed by atoms with Gasteiger partial charge in [0.05, 0.1) is 16.3 Å². The number of benzene rings is 2. The van der Waals surface area contributed by atoms with E-state index in [9.17, 15) is 14.9 Å². The van der Waals surface area contributed by atoms with Crippen molar-refractivity contribution in [3.8, 4) is 11.3 Å². The number of nitro groups is 1. The lowest BCUT2D eigenvalue weighted by atomic mass is 10.1. The van der Waals surface area contributed by atoms with Gasteiger partial charge >= 0.3 is 0 Å². The molecule has 0 unspecified atom stereocenters. The van der Waals surface area contributed by atoms with Crippen molar-refractivity contribution in [2.75, 3.05) is 0 Å². The molecular formula is C15H9Cl2N5O3. The third-order valence-corrected chi connectivity index (χ3v) is 3.65. The zero-order valence-corrected chi connectivity index (χ0v) is 13.9. The third kappa shape index (κ3) is 3.76. The van der Waals surface area contributed by atoms with E-state index in [2.05, 4.69) is 20.4 Å². The standard InChI is InChI=1S/C15H9Cl2N5O3/c16-9-5-10(17)7-11(6-9)18-20-14-13(19-21-15(14)23)8-2-1-3-12(4-8)22(24)25/h1-7H,(H2,19,21,23). The molecule has 8 nitrogen and oxygen atoms in total. The smallest absolute Gasteiger partial charge is 0.292 e. The lowest BCUT2D eigenvalue weighted by molar-refractivity contribution is -0.384. The van der Waals surface area contributed by atoms with Crippen LogP contribution >= 0.6 is 23.2 Å². The molecule has 0 amide bonds. The summed E-state index contributed by atoms with van der Waals surface area (Å²) in [7, 11) is 0. The molecule has 0 saturated carbocycles. The number of non-ortho nitro benzene ring substituents is 1. The highest BCUT2D eigenvalue weighted by molar-refractivity contribution is 6.35. The van der Waals surface area contributed by atoms with Crippen LogP contribution in [0, 0.1) is 10.1 Å². The van der Waals surface area contributed by atoms with Crippen LogP contribution in [-0.2, 0) is 0 Å². The summed E-state index contributed by atoms with van der Waals surface area (Å²) < 4.78 is 0. The van der Waals surface area contributed by atoms with Gasteiger partial charge in [-0.1, -0.05) is 35.3 Å². The van der Waals surface area contributed by atoms with Crippen molar-refractivity contribution in [1.82, 2.24) is 10.2 Å². The van der Waals surface area contributed by atoms with Crippen LogP contribution in [0.1, 0.15) is 0 Å². The predicted octanol–water partition coefficient (Wildman–Crippen LogP) is 5.00. The molecule has 1 aromatic heterocycles. The van der Waals surface area contributed by atoms with Gasteiger partial charge in [0.25, 0.3) is 11.2 Å². The first-order valence-electron chi connectivity index (χ1n) is 6.87. The second kappa shape index (κ2) is 6.88. The van der Waals surface area contributed by atoms with Crippen LogP contribution in [0.5, 0.6) is 0 Å². The van der Waals surface area contributed by atoms with Gasteiger partial charge in [-0.15, -0.1) is 5.11 Å². The monoisotopic (exact) mass is 377 g/mol. The minimum absolute atomic E-state index is 0.0170. The Balaban J connectivity index is 2.03. The number of H-pyrrole nitrogens is 2. The molecule has 126 valence electrons. The molecule has 0 fully saturated rings. The van der Waals surface area contributed by atoms with E-state index < -0.39 is 10.5 Å². The number of azo groups is 1. The molecule has 0 aliphatic carbocycles. The SMILES string of the molecule is O=c1[nH][nH]c(-c2cccc([N+](=O)[O-])c2)c1N=Nc1cc(Cl)cc(Cl)c1. The fraction of sp³-hybridized carbons (Fsp3) is 0. The van der Waals surface area contributed by atoms with Gasteiger partial charge in [-0.2, -0.15) is 5.11 Å². The van der Waals surface area contributed by atoms with Gasteiger partial charge in [0.2, 0.25) is 0 Å². The zero-order chi connectivity index (χ0) is 18.0. The second-order valence-electron chi connectivity index (χ2n) is 4.94. The first-order chi connectivity index (χ1) is 11.9. The Hall–Kier alpha value is -2.97. The molecule has 0 atom stereocenters. The Kier molecular flexibility index (Phi) is 4.64. The van der Waals surface area contributed by atoms with E-state index in [1.165, 1.54) is 30.3 Å². The molecular weight excluding hydrogens is 369 g/mol. The number of nitrogens with zero attached hydrogens (tertiary/aromatic N) is 3. The number of nitrogens with one attached hydrogen (secondary N) is 2. The van der Waals surface area contributed by atoms with Crippen molar-refractivity contribution in [2.45, 2.75) is 0 Å². The molecule has 3 rings (SSSR count). The summed E-state index contributed by atoms with van der Waals surface area (Å²) in [5, 5.41) is 24.6. The molecule has 0 aliphatic rings. The number of rotatable bonds is 4. The highest BCUT2D eigenvalue weighted by Crippen LogP contribution is 2.30. The number of aromatic amines is 2. The molecule has 0 bridgehead atoms. The van der Waals surface area contributed by atoms with Crippen LogP contribution in [0.2, 0.25) is 10.0 Å². The topological polar surface area (TPSA) is 117 Å². The van der Waals surface area contributed by atoms with E-state index in [0.29, 0.717) is 21.3 Å². The Morgan fingerprint density at radius 1 is 1.00 bits per heavy atom. The number of aromatic nitrogens is 2. The maximum Gasteiger partial charge on any atom is 0.292 e. The summed E-state index contributed by atoms with van der Waals surface area (Å²) in [5.74, 6) is 0. The van der Waals surface area contributed by atoms with Crippen LogP contribution in [-0.4, -0.2) is 15.1 Å². The van der Waals surface area contributed by atoms with E-state index in [0.717, 1.165) is 0 Å².